The minimum absolute atomic E-state index is 0. The Balaban J connectivity index is 0.00000320. The second-order valence-corrected chi connectivity index (χ2v) is 8.74. The molecule has 2 heterocycles. The van der Waals surface area contributed by atoms with Crippen molar-refractivity contribution in [3.05, 3.63) is 106 Å². The van der Waals surface area contributed by atoms with Gasteiger partial charge in [0.2, 0.25) is 0 Å². The highest BCUT2D eigenvalue weighted by Gasteiger charge is 2.27. The molecule has 1 aliphatic heterocycles. The number of methoxy groups -OCH3 is 1. The Labute approximate surface area is 215 Å². The number of fused-ring (bicyclic) bond motifs is 1. The summed E-state index contributed by atoms with van der Waals surface area (Å²) in [5, 5.41) is 10.9. The molecule has 1 fully saturated rings. The van der Waals surface area contributed by atoms with Gasteiger partial charge in [-0.15, -0.1) is 0 Å². The number of piperazine rings is 1. The number of rotatable bonds is 5. The van der Waals surface area contributed by atoms with Crippen molar-refractivity contribution in [3.8, 4) is 11.8 Å². The Morgan fingerprint density at radius 1 is 0.919 bits per heavy atom. The summed E-state index contributed by atoms with van der Waals surface area (Å²) in [5.41, 5.74) is 2.88. The summed E-state index contributed by atoms with van der Waals surface area (Å²) in [6, 6.07) is 26.7. The molecule has 3 N–H and O–H groups in total. The highest BCUT2D eigenvalue weighted by molar-refractivity contribution is 5.96. The van der Waals surface area contributed by atoms with E-state index in [-0.39, 0.29) is 23.2 Å². The van der Waals surface area contributed by atoms with Crippen molar-refractivity contribution < 1.29 is 9.53 Å². The molecule has 0 unspecified atom stereocenters. The van der Waals surface area contributed by atoms with E-state index in [2.05, 4.69) is 11.0 Å². The van der Waals surface area contributed by atoms with Gasteiger partial charge in [-0.1, -0.05) is 48.5 Å². The molecule has 0 atom stereocenters. The highest BCUT2D eigenvalue weighted by Crippen LogP contribution is 2.30. The second kappa shape index (κ2) is 11.0. The zero-order valence-corrected chi connectivity index (χ0v) is 20.8. The van der Waals surface area contributed by atoms with Crippen molar-refractivity contribution in [2.24, 2.45) is 0 Å². The van der Waals surface area contributed by atoms with Crippen LogP contribution in [0.2, 0.25) is 0 Å². The quantitative estimate of drug-likeness (QED) is 0.447. The Bertz CT molecular complexity index is 1500. The van der Waals surface area contributed by atoms with E-state index in [1.807, 2.05) is 59.5 Å². The Kier molecular flexibility index (Phi) is 7.56. The van der Waals surface area contributed by atoms with Crippen LogP contribution in [-0.2, 0) is 6.54 Å². The molecule has 1 aliphatic rings. The summed E-state index contributed by atoms with van der Waals surface area (Å²) in [6.07, 6.45) is 0. The van der Waals surface area contributed by atoms with Gasteiger partial charge < -0.3 is 25.3 Å². The van der Waals surface area contributed by atoms with Crippen LogP contribution in [0.4, 0.5) is 5.69 Å². The van der Waals surface area contributed by atoms with Gasteiger partial charge in [0, 0.05) is 37.1 Å². The molecule has 0 spiro atoms. The fourth-order valence-electron chi connectivity index (χ4n) is 4.79. The molecule has 8 heteroatoms. The van der Waals surface area contributed by atoms with Gasteiger partial charge in [0.05, 0.1) is 24.9 Å². The third-order valence-corrected chi connectivity index (χ3v) is 6.66. The minimum atomic E-state index is -0.299. The van der Waals surface area contributed by atoms with Crippen molar-refractivity contribution in [1.29, 1.82) is 5.26 Å². The smallest absolute Gasteiger partial charge is 0.271 e. The number of carbonyl (C=O) groups excluding carboxylic acids is 1. The van der Waals surface area contributed by atoms with E-state index in [0.29, 0.717) is 49.7 Å². The molecule has 4 aromatic rings. The molecular weight excluding hydrogens is 466 g/mol. The van der Waals surface area contributed by atoms with Crippen molar-refractivity contribution in [2.75, 3.05) is 38.2 Å². The summed E-state index contributed by atoms with van der Waals surface area (Å²) in [5.74, 6) is 0.662. The van der Waals surface area contributed by atoms with Crippen LogP contribution in [0.1, 0.15) is 21.5 Å². The normalized spacial score (nSPS) is 13.1. The largest absolute Gasteiger partial charge is 0.497 e. The number of ether oxygens (including phenoxy) is 1. The average molecular weight is 496 g/mol. The summed E-state index contributed by atoms with van der Waals surface area (Å²) < 4.78 is 6.86. The van der Waals surface area contributed by atoms with Crippen LogP contribution < -0.4 is 21.3 Å². The number of anilines is 1. The molecule has 1 saturated heterocycles. The Hall–Kier alpha value is -4.61. The highest BCUT2D eigenvalue weighted by atomic mass is 16.5. The standard InChI is InChI=1S/C29H26N4O3.H3N/c1-36-23-13-11-22(12-14-23)28(34)32-17-15-31(16-18-32)27-24-9-5-6-10-26(24)33(29(35)25(27)19-30)20-21-7-3-2-4-8-21;/h2-14H,15-18,20H2,1H3;1H3. The van der Waals surface area contributed by atoms with Crippen molar-refractivity contribution in [1.82, 2.24) is 15.6 Å². The topological polar surface area (TPSA) is 114 Å². The summed E-state index contributed by atoms with van der Waals surface area (Å²) in [6.45, 7) is 2.44. The Morgan fingerprint density at radius 2 is 1.57 bits per heavy atom. The molecule has 0 aliphatic carbocycles. The van der Waals surface area contributed by atoms with Crippen molar-refractivity contribution >= 4 is 22.5 Å². The van der Waals surface area contributed by atoms with E-state index in [1.165, 1.54) is 0 Å². The number of nitrogens with zero attached hydrogens (tertiary/aromatic N) is 4. The van der Waals surface area contributed by atoms with Crippen LogP contribution in [0.25, 0.3) is 10.9 Å². The van der Waals surface area contributed by atoms with Crippen LogP contribution in [0.3, 0.4) is 0 Å². The second-order valence-electron chi connectivity index (χ2n) is 8.74. The fraction of sp³-hybridized carbons (Fsp3) is 0.207. The maximum atomic E-state index is 13.5. The Morgan fingerprint density at radius 3 is 2.22 bits per heavy atom. The maximum absolute atomic E-state index is 13.5. The number of hydrogen-bond acceptors (Lipinski definition) is 6. The van der Waals surface area contributed by atoms with Crippen LogP contribution >= 0.6 is 0 Å². The zero-order valence-electron chi connectivity index (χ0n) is 20.8. The van der Waals surface area contributed by atoms with Gasteiger partial charge in [0.15, 0.2) is 0 Å². The van der Waals surface area contributed by atoms with Gasteiger partial charge in [0.1, 0.15) is 17.4 Å². The molecule has 8 nitrogen and oxygen atoms in total. The van der Waals surface area contributed by atoms with E-state index < -0.39 is 0 Å². The van der Waals surface area contributed by atoms with Crippen LogP contribution in [0, 0.1) is 11.3 Å². The van der Waals surface area contributed by atoms with E-state index in [4.69, 9.17) is 4.74 Å². The third kappa shape index (κ3) is 4.90. The lowest BCUT2D eigenvalue weighted by atomic mass is 10.1. The van der Waals surface area contributed by atoms with Gasteiger partial charge in [-0.3, -0.25) is 9.59 Å². The zero-order chi connectivity index (χ0) is 25.1. The lowest BCUT2D eigenvalue weighted by molar-refractivity contribution is 0.0747. The average Bonchev–Trinajstić information content (AvgIpc) is 2.94. The first kappa shape index (κ1) is 25.5. The summed E-state index contributed by atoms with van der Waals surface area (Å²) in [7, 11) is 1.59. The number of carbonyl (C=O) groups is 1. The minimum Gasteiger partial charge on any atom is -0.497 e. The molecule has 0 bridgehead atoms. The first-order valence-electron chi connectivity index (χ1n) is 11.9. The molecule has 3 aromatic carbocycles. The van der Waals surface area contributed by atoms with E-state index in [0.717, 1.165) is 16.5 Å². The predicted molar refractivity (Wildman–Crippen MR) is 145 cm³/mol. The molecule has 188 valence electrons. The first-order chi connectivity index (χ1) is 17.6. The van der Waals surface area contributed by atoms with Crippen LogP contribution in [-0.4, -0.2) is 48.7 Å². The first-order valence-corrected chi connectivity index (χ1v) is 11.9. The molecule has 0 saturated carbocycles. The monoisotopic (exact) mass is 495 g/mol. The van der Waals surface area contributed by atoms with Gasteiger partial charge in [-0.05, 0) is 35.9 Å². The molecule has 0 radical (unpaired) electrons. The SMILES string of the molecule is COc1ccc(C(=O)N2CCN(c3c(C#N)c(=O)n(Cc4ccccc4)c4ccccc34)CC2)cc1.N. The van der Waals surface area contributed by atoms with Crippen molar-refractivity contribution in [3.63, 3.8) is 0 Å². The van der Waals surface area contributed by atoms with Gasteiger partial charge >= 0.3 is 0 Å². The fourth-order valence-corrected chi connectivity index (χ4v) is 4.79. The van der Waals surface area contributed by atoms with Gasteiger partial charge in [-0.25, -0.2) is 0 Å². The van der Waals surface area contributed by atoms with E-state index in [1.54, 1.807) is 35.9 Å². The number of amides is 1. The predicted octanol–water partition coefficient (Wildman–Crippen LogP) is 4.05. The van der Waals surface area contributed by atoms with E-state index >= 15 is 0 Å². The van der Waals surface area contributed by atoms with Crippen LogP contribution in [0.5, 0.6) is 5.75 Å². The van der Waals surface area contributed by atoms with Crippen LogP contribution in [0.15, 0.2) is 83.7 Å². The molecular formula is C29H29N5O3. The number of para-hydroxylation sites is 1. The maximum Gasteiger partial charge on any atom is 0.271 e. The van der Waals surface area contributed by atoms with Gasteiger partial charge in [-0.2, -0.15) is 5.26 Å². The lowest BCUT2D eigenvalue weighted by Gasteiger charge is -2.37. The van der Waals surface area contributed by atoms with Crippen molar-refractivity contribution in [2.45, 2.75) is 6.54 Å². The number of benzene rings is 3. The molecule has 5 rings (SSSR count). The molecule has 1 aromatic heterocycles. The van der Waals surface area contributed by atoms with Gasteiger partial charge in [0.25, 0.3) is 11.5 Å². The number of pyridine rings is 1. The molecule has 1 amide bonds. The number of aromatic nitrogens is 1. The summed E-state index contributed by atoms with van der Waals surface area (Å²) >= 11 is 0. The lowest BCUT2D eigenvalue weighted by Crippen LogP contribution is -2.49. The third-order valence-electron chi connectivity index (χ3n) is 6.66. The number of nitriles is 1. The van der Waals surface area contributed by atoms with E-state index in [9.17, 15) is 14.9 Å². The summed E-state index contributed by atoms with van der Waals surface area (Å²) in [4.78, 5) is 30.4. The molecule has 37 heavy (non-hydrogen) atoms. The number of hydrogen-bond donors (Lipinski definition) is 1.